The van der Waals surface area contributed by atoms with E-state index in [0.717, 1.165) is 43.5 Å². The third-order valence-electron chi connectivity index (χ3n) is 5.10. The SMILES string of the molecule is COc1cc(CCCOc2ccc(CCCNCCC(=O)O)cc2)cc(OC)c1OC.O=C(O)C(F)(F)F. The zero-order valence-corrected chi connectivity index (χ0v) is 21.6. The van der Waals surface area contributed by atoms with Gasteiger partial charge in [0.15, 0.2) is 11.5 Å². The summed E-state index contributed by atoms with van der Waals surface area (Å²) in [6.07, 6.45) is -1.31. The van der Waals surface area contributed by atoms with Crippen LogP contribution in [0.15, 0.2) is 36.4 Å². The monoisotopic (exact) mass is 545 g/mol. The summed E-state index contributed by atoms with van der Waals surface area (Å²) in [6.45, 7) is 1.94. The molecule has 2 aromatic carbocycles. The van der Waals surface area contributed by atoms with Crippen LogP contribution in [-0.4, -0.2) is 69.4 Å². The molecule has 0 aromatic heterocycles. The van der Waals surface area contributed by atoms with Gasteiger partial charge in [-0.25, -0.2) is 4.79 Å². The second-order valence-electron chi connectivity index (χ2n) is 7.93. The molecule has 0 atom stereocenters. The van der Waals surface area contributed by atoms with Gasteiger partial charge in [0.1, 0.15) is 5.75 Å². The fraction of sp³-hybridized carbons (Fsp3) is 0.462. The molecule has 0 radical (unpaired) electrons. The lowest BCUT2D eigenvalue weighted by Gasteiger charge is -2.14. The minimum atomic E-state index is -5.08. The number of hydrogen-bond acceptors (Lipinski definition) is 7. The zero-order valence-electron chi connectivity index (χ0n) is 21.6. The van der Waals surface area contributed by atoms with Crippen LogP contribution < -0.4 is 24.3 Å². The number of halogens is 3. The molecule has 212 valence electrons. The molecule has 0 amide bonds. The Morgan fingerprint density at radius 3 is 1.87 bits per heavy atom. The van der Waals surface area contributed by atoms with Gasteiger partial charge in [0.25, 0.3) is 0 Å². The van der Waals surface area contributed by atoms with Crippen molar-refractivity contribution >= 4 is 11.9 Å². The third-order valence-corrected chi connectivity index (χ3v) is 5.10. The predicted octanol–water partition coefficient (Wildman–Crippen LogP) is 4.35. The van der Waals surface area contributed by atoms with Gasteiger partial charge in [-0.2, -0.15) is 13.2 Å². The van der Waals surface area contributed by atoms with E-state index in [-0.39, 0.29) is 6.42 Å². The van der Waals surface area contributed by atoms with E-state index >= 15 is 0 Å². The van der Waals surface area contributed by atoms with Gasteiger partial charge in [-0.1, -0.05) is 12.1 Å². The Bertz CT molecular complexity index is 972. The summed E-state index contributed by atoms with van der Waals surface area (Å²) in [5, 5.41) is 18.9. The predicted molar refractivity (Wildman–Crippen MR) is 133 cm³/mol. The average Bonchev–Trinajstić information content (AvgIpc) is 2.88. The van der Waals surface area contributed by atoms with Crippen molar-refractivity contribution < 1.29 is 51.9 Å². The summed E-state index contributed by atoms with van der Waals surface area (Å²) in [5.74, 6) is -0.760. The Balaban J connectivity index is 0.000000905. The molecule has 2 aromatic rings. The molecule has 0 fully saturated rings. The molecular formula is C26H34F3NO8. The first-order valence-electron chi connectivity index (χ1n) is 11.7. The van der Waals surface area contributed by atoms with Gasteiger partial charge in [-0.15, -0.1) is 0 Å². The summed E-state index contributed by atoms with van der Waals surface area (Å²) >= 11 is 0. The van der Waals surface area contributed by atoms with Gasteiger partial charge in [0, 0.05) is 6.54 Å². The Hall–Kier alpha value is -3.67. The van der Waals surface area contributed by atoms with Crippen molar-refractivity contribution in [3.63, 3.8) is 0 Å². The fourth-order valence-electron chi connectivity index (χ4n) is 3.24. The standard InChI is InChI=1S/C24H33NO6.C2HF3O2/c1-28-21-16-19(17-22(29-2)24(21)30-3)7-5-15-31-20-10-8-18(9-11-20)6-4-13-25-14-12-23(26)27;3-2(4,5)1(6)7/h8-11,16-17,25H,4-7,12-15H2,1-3H3,(H,26,27);(H,6,7). The number of carboxylic acid groups (broad SMARTS) is 2. The van der Waals surface area contributed by atoms with Crippen LogP contribution in [0.3, 0.4) is 0 Å². The van der Waals surface area contributed by atoms with Crippen LogP contribution in [0.5, 0.6) is 23.0 Å². The van der Waals surface area contributed by atoms with Crippen molar-refractivity contribution in [2.75, 3.05) is 41.0 Å². The van der Waals surface area contributed by atoms with Crippen molar-refractivity contribution in [3.8, 4) is 23.0 Å². The number of rotatable bonds is 15. The molecule has 0 aliphatic heterocycles. The van der Waals surface area contributed by atoms with E-state index in [2.05, 4.69) is 17.4 Å². The Kier molecular flexibility index (Phi) is 14.4. The van der Waals surface area contributed by atoms with Crippen LogP contribution in [0.25, 0.3) is 0 Å². The molecule has 0 spiro atoms. The summed E-state index contributed by atoms with van der Waals surface area (Å²) in [4.78, 5) is 19.4. The van der Waals surface area contributed by atoms with Crippen molar-refractivity contribution in [1.82, 2.24) is 5.32 Å². The maximum Gasteiger partial charge on any atom is 0.490 e. The first kappa shape index (κ1) is 32.4. The summed E-state index contributed by atoms with van der Waals surface area (Å²) in [5.41, 5.74) is 2.34. The van der Waals surface area contributed by atoms with Crippen LogP contribution in [-0.2, 0) is 22.4 Å². The van der Waals surface area contributed by atoms with Gasteiger partial charge in [-0.05, 0) is 67.6 Å². The van der Waals surface area contributed by atoms with Gasteiger partial charge in [0.2, 0.25) is 5.75 Å². The molecule has 3 N–H and O–H groups in total. The highest BCUT2D eigenvalue weighted by molar-refractivity contribution is 5.73. The second-order valence-corrected chi connectivity index (χ2v) is 7.93. The lowest BCUT2D eigenvalue weighted by Crippen LogP contribution is -2.21. The van der Waals surface area contributed by atoms with Crippen LogP contribution >= 0.6 is 0 Å². The smallest absolute Gasteiger partial charge is 0.490 e. The summed E-state index contributed by atoms with van der Waals surface area (Å²) in [6, 6.07) is 12.1. The molecule has 0 aliphatic rings. The van der Waals surface area contributed by atoms with Gasteiger partial charge < -0.3 is 34.5 Å². The third kappa shape index (κ3) is 12.5. The first-order valence-corrected chi connectivity index (χ1v) is 11.7. The largest absolute Gasteiger partial charge is 0.494 e. The lowest BCUT2D eigenvalue weighted by atomic mass is 10.1. The number of alkyl halides is 3. The molecule has 2 rings (SSSR count). The van der Waals surface area contributed by atoms with E-state index in [1.54, 1.807) is 21.3 Å². The van der Waals surface area contributed by atoms with Crippen molar-refractivity contribution in [1.29, 1.82) is 0 Å². The quantitative estimate of drug-likeness (QED) is 0.280. The van der Waals surface area contributed by atoms with E-state index in [1.165, 1.54) is 5.56 Å². The Morgan fingerprint density at radius 2 is 1.39 bits per heavy atom. The molecule has 38 heavy (non-hydrogen) atoms. The molecule has 0 unspecified atom stereocenters. The highest BCUT2D eigenvalue weighted by Crippen LogP contribution is 2.38. The number of aryl methyl sites for hydroxylation is 2. The van der Waals surface area contributed by atoms with E-state index < -0.39 is 18.1 Å². The topological polar surface area (TPSA) is 124 Å². The van der Waals surface area contributed by atoms with Crippen molar-refractivity contribution in [3.05, 3.63) is 47.5 Å². The minimum absolute atomic E-state index is 0.158. The Labute approximate surface area is 219 Å². The number of hydrogen-bond donors (Lipinski definition) is 3. The molecule has 9 nitrogen and oxygen atoms in total. The second kappa shape index (κ2) is 17.0. The lowest BCUT2D eigenvalue weighted by molar-refractivity contribution is -0.192. The Morgan fingerprint density at radius 1 is 0.842 bits per heavy atom. The molecule has 0 saturated carbocycles. The summed E-state index contributed by atoms with van der Waals surface area (Å²) in [7, 11) is 4.83. The highest BCUT2D eigenvalue weighted by atomic mass is 19.4. The van der Waals surface area contributed by atoms with E-state index in [1.807, 2.05) is 24.3 Å². The molecular weight excluding hydrogens is 511 g/mol. The maximum atomic E-state index is 10.6. The normalized spacial score (nSPS) is 10.7. The van der Waals surface area contributed by atoms with Crippen LogP contribution in [0.1, 0.15) is 30.4 Å². The summed E-state index contributed by atoms with van der Waals surface area (Å²) < 4.78 is 53.8. The maximum absolute atomic E-state index is 10.6. The number of benzene rings is 2. The number of nitrogens with one attached hydrogen (secondary N) is 1. The highest BCUT2D eigenvalue weighted by Gasteiger charge is 2.38. The van der Waals surface area contributed by atoms with Crippen molar-refractivity contribution in [2.45, 2.75) is 38.3 Å². The number of carboxylic acids is 2. The van der Waals surface area contributed by atoms with Gasteiger partial charge >= 0.3 is 18.1 Å². The molecule has 0 heterocycles. The van der Waals surface area contributed by atoms with Crippen LogP contribution in [0.4, 0.5) is 13.2 Å². The van der Waals surface area contributed by atoms with Crippen LogP contribution in [0.2, 0.25) is 0 Å². The minimum Gasteiger partial charge on any atom is -0.494 e. The number of aliphatic carboxylic acids is 2. The number of carbonyl (C=O) groups is 2. The van der Waals surface area contributed by atoms with E-state index in [9.17, 15) is 18.0 Å². The zero-order chi connectivity index (χ0) is 28.6. The first-order chi connectivity index (χ1) is 18.0. The fourth-order valence-corrected chi connectivity index (χ4v) is 3.24. The molecule has 0 saturated heterocycles. The van der Waals surface area contributed by atoms with Crippen LogP contribution in [0, 0.1) is 0 Å². The van der Waals surface area contributed by atoms with Gasteiger partial charge in [-0.3, -0.25) is 4.79 Å². The number of ether oxygens (including phenoxy) is 4. The molecule has 0 aliphatic carbocycles. The molecule has 0 bridgehead atoms. The number of methoxy groups -OCH3 is 3. The van der Waals surface area contributed by atoms with Crippen molar-refractivity contribution in [2.24, 2.45) is 0 Å². The van der Waals surface area contributed by atoms with E-state index in [4.69, 9.17) is 34.0 Å². The van der Waals surface area contributed by atoms with Gasteiger partial charge in [0.05, 0.1) is 34.4 Å². The molecule has 12 heteroatoms. The van der Waals surface area contributed by atoms with E-state index in [0.29, 0.717) is 30.4 Å². The average molecular weight is 546 g/mol.